The largest absolute Gasteiger partial charge is 0.384 e. The molecule has 1 saturated heterocycles. The van der Waals surface area contributed by atoms with Gasteiger partial charge in [0.15, 0.2) is 0 Å². The van der Waals surface area contributed by atoms with Crippen LogP contribution in [-0.2, 0) is 12.8 Å². The van der Waals surface area contributed by atoms with Crippen LogP contribution in [0.5, 0.6) is 0 Å². The molecule has 0 aromatic carbocycles. The predicted molar refractivity (Wildman–Crippen MR) is 82.5 cm³/mol. The zero-order valence-corrected chi connectivity index (χ0v) is 12.3. The maximum Gasteiger partial charge on any atom is 0.139 e. The van der Waals surface area contributed by atoms with Crippen molar-refractivity contribution in [2.24, 2.45) is 11.7 Å². The minimum atomic E-state index is 0.154. The maximum absolute atomic E-state index is 7.86. The van der Waals surface area contributed by atoms with Crippen LogP contribution < -0.4 is 10.6 Å². The van der Waals surface area contributed by atoms with Crippen molar-refractivity contribution in [1.29, 1.82) is 5.41 Å². The Morgan fingerprint density at radius 1 is 1.45 bits per heavy atom. The summed E-state index contributed by atoms with van der Waals surface area (Å²) in [6.07, 6.45) is 7.09. The Hall–Kier alpha value is -1.58. The average molecular weight is 272 g/mol. The highest BCUT2D eigenvalue weighted by atomic mass is 15.2. The van der Waals surface area contributed by atoms with Gasteiger partial charge in [-0.3, -0.25) is 5.41 Å². The Balaban J connectivity index is 1.97. The minimum Gasteiger partial charge on any atom is -0.384 e. The van der Waals surface area contributed by atoms with Gasteiger partial charge in [0.2, 0.25) is 0 Å². The van der Waals surface area contributed by atoms with Crippen molar-refractivity contribution in [2.75, 3.05) is 18.0 Å². The molecule has 3 rings (SSSR count). The number of aromatic nitrogens is 1. The molecular weight excluding hydrogens is 248 g/mol. The van der Waals surface area contributed by atoms with E-state index in [4.69, 9.17) is 16.1 Å². The van der Waals surface area contributed by atoms with E-state index in [2.05, 4.69) is 17.9 Å². The lowest BCUT2D eigenvalue weighted by molar-refractivity contribution is 0.403. The summed E-state index contributed by atoms with van der Waals surface area (Å²) in [5, 5.41) is 7.86. The third-order valence-electron chi connectivity index (χ3n) is 4.72. The second-order valence-corrected chi connectivity index (χ2v) is 6.10. The number of amidine groups is 1. The van der Waals surface area contributed by atoms with Gasteiger partial charge in [0.25, 0.3) is 0 Å². The molecule has 108 valence electrons. The molecule has 1 fully saturated rings. The van der Waals surface area contributed by atoms with E-state index >= 15 is 0 Å². The van der Waals surface area contributed by atoms with Gasteiger partial charge in [0.05, 0.1) is 5.56 Å². The van der Waals surface area contributed by atoms with Gasteiger partial charge in [0, 0.05) is 18.8 Å². The monoisotopic (exact) mass is 272 g/mol. The Morgan fingerprint density at radius 2 is 2.30 bits per heavy atom. The molecule has 0 bridgehead atoms. The lowest BCUT2D eigenvalue weighted by Gasteiger charge is -2.34. The van der Waals surface area contributed by atoms with Crippen LogP contribution in [0.1, 0.15) is 49.4 Å². The summed E-state index contributed by atoms with van der Waals surface area (Å²) in [6, 6.07) is 2.11. The summed E-state index contributed by atoms with van der Waals surface area (Å²) < 4.78 is 0. The second kappa shape index (κ2) is 5.43. The molecule has 0 saturated carbocycles. The molecule has 2 aliphatic rings. The van der Waals surface area contributed by atoms with E-state index in [9.17, 15) is 0 Å². The molecule has 0 spiro atoms. The molecule has 0 amide bonds. The summed E-state index contributed by atoms with van der Waals surface area (Å²) in [7, 11) is 0. The molecule has 2 heterocycles. The molecule has 4 nitrogen and oxygen atoms in total. The van der Waals surface area contributed by atoms with Crippen LogP contribution >= 0.6 is 0 Å². The van der Waals surface area contributed by atoms with Gasteiger partial charge in [-0.1, -0.05) is 13.3 Å². The topological polar surface area (TPSA) is 66.0 Å². The summed E-state index contributed by atoms with van der Waals surface area (Å²) >= 11 is 0. The molecule has 0 radical (unpaired) electrons. The van der Waals surface area contributed by atoms with Crippen LogP contribution in [0.25, 0.3) is 0 Å². The van der Waals surface area contributed by atoms with Crippen molar-refractivity contribution >= 4 is 11.7 Å². The summed E-state index contributed by atoms with van der Waals surface area (Å²) in [5.74, 6) is 1.86. The molecule has 1 aromatic rings. The smallest absolute Gasteiger partial charge is 0.139 e. The summed E-state index contributed by atoms with van der Waals surface area (Å²) in [5.41, 5.74) is 9.15. The van der Waals surface area contributed by atoms with Gasteiger partial charge >= 0.3 is 0 Å². The molecule has 1 unspecified atom stereocenters. The zero-order chi connectivity index (χ0) is 14.1. The van der Waals surface area contributed by atoms with Gasteiger partial charge < -0.3 is 10.6 Å². The van der Waals surface area contributed by atoms with E-state index in [0.29, 0.717) is 0 Å². The van der Waals surface area contributed by atoms with E-state index in [0.717, 1.165) is 43.2 Å². The van der Waals surface area contributed by atoms with Gasteiger partial charge in [-0.25, -0.2) is 4.98 Å². The van der Waals surface area contributed by atoms with Crippen molar-refractivity contribution < 1.29 is 0 Å². The molecule has 1 atom stereocenters. The van der Waals surface area contributed by atoms with Crippen LogP contribution in [0.3, 0.4) is 0 Å². The first kappa shape index (κ1) is 13.4. The molecule has 4 heteroatoms. The van der Waals surface area contributed by atoms with Gasteiger partial charge in [-0.2, -0.15) is 0 Å². The van der Waals surface area contributed by atoms with Gasteiger partial charge in [-0.05, 0) is 49.7 Å². The van der Waals surface area contributed by atoms with Crippen LogP contribution in [0, 0.1) is 11.3 Å². The number of piperidine rings is 1. The van der Waals surface area contributed by atoms with E-state index in [1.54, 1.807) is 0 Å². The van der Waals surface area contributed by atoms with E-state index < -0.39 is 0 Å². The third kappa shape index (κ3) is 2.39. The number of hydrogen-bond donors (Lipinski definition) is 2. The molecule has 20 heavy (non-hydrogen) atoms. The zero-order valence-electron chi connectivity index (χ0n) is 12.3. The lowest BCUT2D eigenvalue weighted by Crippen LogP contribution is -2.37. The Kier molecular flexibility index (Phi) is 3.64. The molecule has 3 N–H and O–H groups in total. The standard InChI is InChI=1S/C16H24N4/c1-2-11-5-4-8-20(10-11)16-13(15(17)18)9-12-6-3-7-14(12)19-16/h9,11H,2-8,10H2,1H3,(H3,17,18). The van der Waals surface area contributed by atoms with E-state index in [1.807, 2.05) is 0 Å². The number of nitrogen functional groups attached to an aromatic ring is 1. The number of pyridine rings is 1. The van der Waals surface area contributed by atoms with Crippen LogP contribution in [0.4, 0.5) is 5.82 Å². The minimum absolute atomic E-state index is 0.154. The van der Waals surface area contributed by atoms with Crippen LogP contribution in [0.15, 0.2) is 6.07 Å². The molecule has 1 aliphatic carbocycles. The SMILES string of the molecule is CCC1CCCN(c2nc3c(cc2C(=N)N)CCC3)C1. The fourth-order valence-electron chi connectivity index (χ4n) is 3.49. The van der Waals surface area contributed by atoms with Crippen molar-refractivity contribution in [3.8, 4) is 0 Å². The van der Waals surface area contributed by atoms with E-state index in [-0.39, 0.29) is 5.84 Å². The molecule has 1 aromatic heterocycles. The lowest BCUT2D eigenvalue weighted by atomic mass is 9.95. The Labute approximate surface area is 120 Å². The summed E-state index contributed by atoms with van der Waals surface area (Å²) in [6.45, 7) is 4.36. The number of anilines is 1. The number of rotatable bonds is 3. The summed E-state index contributed by atoms with van der Waals surface area (Å²) in [4.78, 5) is 7.23. The highest BCUT2D eigenvalue weighted by molar-refractivity contribution is 6.00. The number of hydrogen-bond acceptors (Lipinski definition) is 3. The number of nitrogens with zero attached hydrogens (tertiary/aromatic N) is 2. The number of fused-ring (bicyclic) bond motifs is 1. The Bertz CT molecular complexity index is 523. The van der Waals surface area contributed by atoms with Crippen molar-refractivity contribution in [1.82, 2.24) is 4.98 Å². The van der Waals surface area contributed by atoms with Gasteiger partial charge in [-0.15, -0.1) is 0 Å². The highest BCUT2D eigenvalue weighted by Crippen LogP contribution is 2.30. The van der Waals surface area contributed by atoms with Crippen molar-refractivity contribution in [3.63, 3.8) is 0 Å². The maximum atomic E-state index is 7.86. The predicted octanol–water partition coefficient (Wildman–Crippen LogP) is 2.48. The first-order valence-corrected chi connectivity index (χ1v) is 7.81. The number of aryl methyl sites for hydroxylation is 2. The van der Waals surface area contributed by atoms with Crippen LogP contribution in [-0.4, -0.2) is 23.9 Å². The molecule has 1 aliphatic heterocycles. The Morgan fingerprint density at radius 3 is 3.05 bits per heavy atom. The second-order valence-electron chi connectivity index (χ2n) is 6.10. The highest BCUT2D eigenvalue weighted by Gasteiger charge is 2.25. The fraction of sp³-hybridized carbons (Fsp3) is 0.625. The van der Waals surface area contributed by atoms with Crippen molar-refractivity contribution in [2.45, 2.75) is 45.4 Å². The van der Waals surface area contributed by atoms with Crippen molar-refractivity contribution in [3.05, 3.63) is 22.9 Å². The first-order chi connectivity index (χ1) is 9.69. The first-order valence-electron chi connectivity index (χ1n) is 7.81. The average Bonchev–Trinajstić information content (AvgIpc) is 2.93. The number of nitrogens with two attached hydrogens (primary N) is 1. The molecular formula is C16H24N4. The normalized spacial score (nSPS) is 21.9. The number of nitrogens with one attached hydrogen (secondary N) is 1. The quantitative estimate of drug-likeness (QED) is 0.656. The fourth-order valence-corrected chi connectivity index (χ4v) is 3.49. The van der Waals surface area contributed by atoms with Gasteiger partial charge in [0.1, 0.15) is 11.7 Å². The van der Waals surface area contributed by atoms with E-state index in [1.165, 1.54) is 36.9 Å². The van der Waals surface area contributed by atoms with Crippen LogP contribution in [0.2, 0.25) is 0 Å². The third-order valence-corrected chi connectivity index (χ3v) is 4.72.